The van der Waals surface area contributed by atoms with Crippen LogP contribution in [0.25, 0.3) is 0 Å². The third kappa shape index (κ3) is 4.36. The summed E-state index contributed by atoms with van der Waals surface area (Å²) in [5.74, 6) is -0.180. The zero-order valence-electron chi connectivity index (χ0n) is 11.2. The van der Waals surface area contributed by atoms with Crippen molar-refractivity contribution in [3.8, 4) is 0 Å². The van der Waals surface area contributed by atoms with Crippen molar-refractivity contribution in [2.24, 2.45) is 0 Å². The number of halogens is 1. The summed E-state index contributed by atoms with van der Waals surface area (Å²) in [5.41, 5.74) is 0.672. The van der Waals surface area contributed by atoms with E-state index < -0.39 is 0 Å². The number of hydrogen-bond acceptors (Lipinski definition) is 4. The number of rotatable bonds is 6. The van der Waals surface area contributed by atoms with Gasteiger partial charge in [-0.3, -0.25) is 0 Å². The van der Waals surface area contributed by atoms with Crippen molar-refractivity contribution in [2.45, 2.75) is 32.7 Å². The molecule has 3 nitrogen and oxygen atoms in total. The average Bonchev–Trinajstić information content (AvgIpc) is 2.79. The van der Waals surface area contributed by atoms with Gasteiger partial charge in [-0.25, -0.2) is 4.39 Å². The lowest BCUT2D eigenvalue weighted by atomic mass is 10.1. The largest absolute Gasteiger partial charge is 0.314 e. The minimum Gasteiger partial charge on any atom is -0.314 e. The highest BCUT2D eigenvalue weighted by Crippen LogP contribution is 2.16. The lowest BCUT2D eigenvalue weighted by molar-refractivity contribution is 0.588. The van der Waals surface area contributed by atoms with Gasteiger partial charge in [0.25, 0.3) is 0 Å². The number of benzene rings is 1. The molecular formula is C14H18FN3S. The first-order valence-corrected chi connectivity index (χ1v) is 7.25. The fourth-order valence-electron chi connectivity index (χ4n) is 1.73. The van der Waals surface area contributed by atoms with Crippen LogP contribution in [0.15, 0.2) is 24.3 Å². The van der Waals surface area contributed by atoms with E-state index in [4.69, 9.17) is 0 Å². The molecule has 1 aromatic carbocycles. The molecule has 19 heavy (non-hydrogen) atoms. The van der Waals surface area contributed by atoms with Gasteiger partial charge in [0.1, 0.15) is 15.8 Å². The van der Waals surface area contributed by atoms with Gasteiger partial charge in [0, 0.05) is 25.4 Å². The Morgan fingerprint density at radius 2 is 1.95 bits per heavy atom. The van der Waals surface area contributed by atoms with Gasteiger partial charge in [-0.1, -0.05) is 32.0 Å². The van der Waals surface area contributed by atoms with E-state index in [-0.39, 0.29) is 5.82 Å². The average molecular weight is 279 g/mol. The predicted octanol–water partition coefficient (Wildman–Crippen LogP) is 2.81. The van der Waals surface area contributed by atoms with E-state index in [0.717, 1.165) is 23.0 Å². The number of nitrogens with one attached hydrogen (secondary N) is 1. The number of hydrogen-bond donors (Lipinski definition) is 1. The highest BCUT2D eigenvalue weighted by atomic mass is 32.1. The van der Waals surface area contributed by atoms with Crippen molar-refractivity contribution < 1.29 is 4.39 Å². The highest BCUT2D eigenvalue weighted by molar-refractivity contribution is 7.11. The molecule has 0 spiro atoms. The number of nitrogens with zero attached hydrogens (tertiary/aromatic N) is 2. The van der Waals surface area contributed by atoms with Crippen molar-refractivity contribution in [2.75, 3.05) is 6.54 Å². The first kappa shape index (κ1) is 14.1. The van der Waals surface area contributed by atoms with Gasteiger partial charge >= 0.3 is 0 Å². The Kier molecular flexibility index (Phi) is 4.99. The Hall–Kier alpha value is -1.33. The predicted molar refractivity (Wildman–Crippen MR) is 76.0 cm³/mol. The summed E-state index contributed by atoms with van der Waals surface area (Å²) in [6.45, 7) is 5.12. The molecule has 0 radical (unpaired) electrons. The summed E-state index contributed by atoms with van der Waals surface area (Å²) in [7, 11) is 0. The third-order valence-electron chi connectivity index (χ3n) is 2.70. The maximum absolute atomic E-state index is 13.5. The summed E-state index contributed by atoms with van der Waals surface area (Å²) in [4.78, 5) is 0. The van der Waals surface area contributed by atoms with Crippen LogP contribution >= 0.6 is 11.3 Å². The molecule has 0 aliphatic carbocycles. The quantitative estimate of drug-likeness (QED) is 0.883. The maximum Gasteiger partial charge on any atom is 0.126 e. The van der Waals surface area contributed by atoms with E-state index in [1.54, 1.807) is 23.5 Å². The Morgan fingerprint density at radius 3 is 2.68 bits per heavy atom. The van der Waals surface area contributed by atoms with Crippen LogP contribution in [0.2, 0.25) is 0 Å². The van der Waals surface area contributed by atoms with Gasteiger partial charge in [0.05, 0.1) is 0 Å². The summed E-state index contributed by atoms with van der Waals surface area (Å²) < 4.78 is 13.5. The van der Waals surface area contributed by atoms with Crippen LogP contribution in [0.5, 0.6) is 0 Å². The molecule has 0 bridgehead atoms. The Morgan fingerprint density at radius 1 is 1.21 bits per heavy atom. The van der Waals surface area contributed by atoms with E-state index in [1.807, 2.05) is 6.07 Å². The SMILES string of the molecule is CC(C)NCCc1nnc(Cc2ccccc2F)s1. The standard InChI is InChI=1S/C14H18FN3S/c1-10(2)16-8-7-13-17-18-14(19-13)9-11-5-3-4-6-12(11)15/h3-6,10,16H,7-9H2,1-2H3. The molecule has 2 aromatic rings. The molecule has 0 saturated heterocycles. The van der Waals surface area contributed by atoms with E-state index in [1.165, 1.54) is 6.07 Å². The highest BCUT2D eigenvalue weighted by Gasteiger charge is 2.08. The van der Waals surface area contributed by atoms with Gasteiger partial charge in [-0.15, -0.1) is 21.5 Å². The van der Waals surface area contributed by atoms with Crippen molar-refractivity contribution in [3.63, 3.8) is 0 Å². The fourth-order valence-corrected chi connectivity index (χ4v) is 2.60. The van der Waals surface area contributed by atoms with E-state index >= 15 is 0 Å². The van der Waals surface area contributed by atoms with Crippen LogP contribution in [0.4, 0.5) is 4.39 Å². The number of aromatic nitrogens is 2. The van der Waals surface area contributed by atoms with Crippen LogP contribution in [-0.4, -0.2) is 22.8 Å². The molecule has 0 unspecified atom stereocenters. The second-order valence-electron chi connectivity index (χ2n) is 4.72. The van der Waals surface area contributed by atoms with Gasteiger partial charge in [-0.2, -0.15) is 0 Å². The third-order valence-corrected chi connectivity index (χ3v) is 3.68. The van der Waals surface area contributed by atoms with Crippen molar-refractivity contribution >= 4 is 11.3 Å². The molecule has 1 aromatic heterocycles. The van der Waals surface area contributed by atoms with Crippen molar-refractivity contribution in [1.82, 2.24) is 15.5 Å². The fraction of sp³-hybridized carbons (Fsp3) is 0.429. The monoisotopic (exact) mass is 279 g/mol. The van der Waals surface area contributed by atoms with Crippen LogP contribution in [0.3, 0.4) is 0 Å². The van der Waals surface area contributed by atoms with E-state index in [2.05, 4.69) is 29.4 Å². The smallest absolute Gasteiger partial charge is 0.126 e. The molecule has 0 amide bonds. The molecule has 2 rings (SSSR count). The molecule has 0 aliphatic rings. The van der Waals surface area contributed by atoms with Crippen molar-refractivity contribution in [3.05, 3.63) is 45.7 Å². The Balaban J connectivity index is 1.92. The molecule has 0 aliphatic heterocycles. The first-order chi connectivity index (χ1) is 9.15. The Bertz CT molecular complexity index is 525. The summed E-state index contributed by atoms with van der Waals surface area (Å²) in [5, 5.41) is 13.5. The molecular weight excluding hydrogens is 261 g/mol. The van der Waals surface area contributed by atoms with Gasteiger partial charge in [-0.05, 0) is 11.6 Å². The van der Waals surface area contributed by atoms with Gasteiger partial charge in [0.15, 0.2) is 0 Å². The molecule has 0 saturated carbocycles. The van der Waals surface area contributed by atoms with E-state index in [9.17, 15) is 4.39 Å². The zero-order valence-corrected chi connectivity index (χ0v) is 12.0. The molecule has 1 N–H and O–H groups in total. The molecule has 102 valence electrons. The van der Waals surface area contributed by atoms with Gasteiger partial charge < -0.3 is 5.32 Å². The molecule has 0 atom stereocenters. The first-order valence-electron chi connectivity index (χ1n) is 6.43. The lowest BCUT2D eigenvalue weighted by Gasteiger charge is -2.05. The van der Waals surface area contributed by atoms with Crippen LogP contribution in [0, 0.1) is 5.82 Å². The maximum atomic E-state index is 13.5. The second-order valence-corrected chi connectivity index (χ2v) is 5.86. The van der Waals surface area contributed by atoms with Crippen LogP contribution in [-0.2, 0) is 12.8 Å². The second kappa shape index (κ2) is 6.73. The normalized spacial score (nSPS) is 11.2. The summed E-state index contributed by atoms with van der Waals surface area (Å²) >= 11 is 1.56. The minimum absolute atomic E-state index is 0.180. The van der Waals surface area contributed by atoms with Crippen LogP contribution < -0.4 is 5.32 Å². The topological polar surface area (TPSA) is 37.8 Å². The Labute approximate surface area is 116 Å². The molecule has 1 heterocycles. The summed E-state index contributed by atoms with van der Waals surface area (Å²) in [6, 6.07) is 7.28. The van der Waals surface area contributed by atoms with Gasteiger partial charge in [0.2, 0.25) is 0 Å². The minimum atomic E-state index is -0.180. The summed E-state index contributed by atoms with van der Waals surface area (Å²) in [6.07, 6.45) is 1.38. The van der Waals surface area contributed by atoms with Crippen LogP contribution in [0.1, 0.15) is 29.4 Å². The molecule has 0 fully saturated rings. The molecule has 5 heteroatoms. The lowest BCUT2D eigenvalue weighted by Crippen LogP contribution is -2.24. The zero-order chi connectivity index (χ0) is 13.7. The van der Waals surface area contributed by atoms with Crippen molar-refractivity contribution in [1.29, 1.82) is 0 Å². The van der Waals surface area contributed by atoms with E-state index in [0.29, 0.717) is 18.0 Å².